The number of aliphatic hydroxyl groups is 1. The second-order valence-electron chi connectivity index (χ2n) is 4.91. The van der Waals surface area contributed by atoms with Gasteiger partial charge in [0.25, 0.3) is 0 Å². The molecule has 1 aromatic rings. The highest BCUT2D eigenvalue weighted by Gasteiger charge is 2.35. The molecule has 0 radical (unpaired) electrons. The molecular formula is C13H14F3N3O. The van der Waals surface area contributed by atoms with Crippen molar-refractivity contribution in [1.29, 1.82) is 5.26 Å². The van der Waals surface area contributed by atoms with Crippen molar-refractivity contribution in [2.75, 3.05) is 18.0 Å². The standard InChI is InChI=1S/C13H14F3N3O/c1-8(20)10-4-5-19(7-10)12-9(6-17)2-3-11(18-12)13(14,15)16/h2-3,8,10,20H,4-5,7H2,1H3. The number of halogens is 3. The van der Waals surface area contributed by atoms with Gasteiger partial charge in [-0.2, -0.15) is 18.4 Å². The first-order valence-corrected chi connectivity index (χ1v) is 6.24. The number of pyridine rings is 1. The predicted molar refractivity (Wildman–Crippen MR) is 66.0 cm³/mol. The van der Waals surface area contributed by atoms with Gasteiger partial charge >= 0.3 is 6.18 Å². The van der Waals surface area contributed by atoms with Crippen molar-refractivity contribution in [2.45, 2.75) is 25.6 Å². The SMILES string of the molecule is CC(O)C1CCN(c2nc(C(F)(F)F)ccc2C#N)C1. The number of rotatable bonds is 2. The molecule has 7 heteroatoms. The third-order valence-corrected chi connectivity index (χ3v) is 3.49. The van der Waals surface area contributed by atoms with Crippen molar-refractivity contribution in [1.82, 2.24) is 4.98 Å². The average Bonchev–Trinajstić information content (AvgIpc) is 2.86. The minimum atomic E-state index is -4.54. The molecule has 2 atom stereocenters. The summed E-state index contributed by atoms with van der Waals surface area (Å²) in [5.74, 6) is 0.0309. The van der Waals surface area contributed by atoms with Crippen LogP contribution in [0.5, 0.6) is 0 Å². The fourth-order valence-corrected chi connectivity index (χ4v) is 2.31. The maximum absolute atomic E-state index is 12.7. The summed E-state index contributed by atoms with van der Waals surface area (Å²) in [5.41, 5.74) is -0.892. The quantitative estimate of drug-likeness (QED) is 0.904. The molecule has 4 nitrogen and oxygen atoms in total. The maximum Gasteiger partial charge on any atom is 0.433 e. The van der Waals surface area contributed by atoms with E-state index in [4.69, 9.17) is 5.26 Å². The summed E-state index contributed by atoms with van der Waals surface area (Å²) < 4.78 is 38.1. The molecule has 0 spiro atoms. The lowest BCUT2D eigenvalue weighted by Crippen LogP contribution is -2.26. The summed E-state index contributed by atoms with van der Waals surface area (Å²) in [6.07, 6.45) is -4.40. The molecule has 1 aliphatic rings. The van der Waals surface area contributed by atoms with Gasteiger partial charge in [-0.25, -0.2) is 4.98 Å². The van der Waals surface area contributed by atoms with Gasteiger partial charge < -0.3 is 10.0 Å². The number of aliphatic hydroxyl groups excluding tert-OH is 1. The molecule has 2 unspecified atom stereocenters. The summed E-state index contributed by atoms with van der Waals surface area (Å²) in [6.45, 7) is 2.54. The van der Waals surface area contributed by atoms with E-state index in [0.29, 0.717) is 19.5 Å². The van der Waals surface area contributed by atoms with E-state index in [1.54, 1.807) is 11.8 Å². The van der Waals surface area contributed by atoms with Crippen LogP contribution in [0.1, 0.15) is 24.6 Å². The van der Waals surface area contributed by atoms with Crippen LogP contribution in [-0.2, 0) is 6.18 Å². The van der Waals surface area contributed by atoms with Gasteiger partial charge in [-0.15, -0.1) is 0 Å². The number of aromatic nitrogens is 1. The topological polar surface area (TPSA) is 60.1 Å². The van der Waals surface area contributed by atoms with Gasteiger partial charge in [-0.05, 0) is 25.5 Å². The highest BCUT2D eigenvalue weighted by molar-refractivity contribution is 5.55. The van der Waals surface area contributed by atoms with Gasteiger partial charge in [0.15, 0.2) is 0 Å². The van der Waals surface area contributed by atoms with Crippen LogP contribution < -0.4 is 4.90 Å². The molecule has 2 heterocycles. The normalized spacial score (nSPS) is 20.8. The monoisotopic (exact) mass is 285 g/mol. The summed E-state index contributed by atoms with van der Waals surface area (Å²) in [5, 5.41) is 18.5. The zero-order chi connectivity index (χ0) is 14.9. The molecule has 1 saturated heterocycles. The van der Waals surface area contributed by atoms with E-state index in [9.17, 15) is 18.3 Å². The Hall–Kier alpha value is -1.81. The highest BCUT2D eigenvalue weighted by atomic mass is 19.4. The number of nitrogens with zero attached hydrogens (tertiary/aromatic N) is 3. The molecule has 108 valence electrons. The molecule has 0 saturated carbocycles. The Labute approximate surface area is 114 Å². The van der Waals surface area contributed by atoms with Gasteiger partial charge in [0.2, 0.25) is 0 Å². The molecule has 1 aliphatic heterocycles. The molecule has 20 heavy (non-hydrogen) atoms. The Morgan fingerprint density at radius 1 is 1.50 bits per heavy atom. The first-order valence-electron chi connectivity index (χ1n) is 6.24. The fourth-order valence-electron chi connectivity index (χ4n) is 2.31. The third kappa shape index (κ3) is 2.85. The minimum Gasteiger partial charge on any atom is -0.393 e. The molecule has 0 bridgehead atoms. The van der Waals surface area contributed by atoms with Gasteiger partial charge in [-0.3, -0.25) is 0 Å². The van der Waals surface area contributed by atoms with Crippen molar-refractivity contribution >= 4 is 5.82 Å². The largest absolute Gasteiger partial charge is 0.433 e. The van der Waals surface area contributed by atoms with Crippen LogP contribution in [0, 0.1) is 17.2 Å². The lowest BCUT2D eigenvalue weighted by atomic mass is 10.0. The van der Waals surface area contributed by atoms with Gasteiger partial charge in [0.05, 0.1) is 11.7 Å². The Kier molecular flexibility index (Phi) is 3.86. The van der Waals surface area contributed by atoms with Crippen molar-refractivity contribution in [2.24, 2.45) is 5.92 Å². The molecule has 1 fully saturated rings. The maximum atomic E-state index is 12.7. The zero-order valence-corrected chi connectivity index (χ0v) is 10.9. The van der Waals surface area contributed by atoms with Crippen LogP contribution in [0.25, 0.3) is 0 Å². The molecule has 0 aromatic carbocycles. The van der Waals surface area contributed by atoms with Crippen LogP contribution in [0.2, 0.25) is 0 Å². The van der Waals surface area contributed by atoms with Gasteiger partial charge in [-0.1, -0.05) is 0 Å². The Bertz CT molecular complexity index is 537. The molecule has 2 rings (SSSR count). The van der Waals surface area contributed by atoms with Crippen molar-refractivity contribution in [3.05, 3.63) is 23.4 Å². The Morgan fingerprint density at radius 2 is 2.20 bits per heavy atom. The second-order valence-corrected chi connectivity index (χ2v) is 4.91. The number of nitriles is 1. The van der Waals surface area contributed by atoms with Crippen molar-refractivity contribution in [3.8, 4) is 6.07 Å². The highest BCUT2D eigenvalue weighted by Crippen LogP contribution is 2.32. The fraction of sp³-hybridized carbons (Fsp3) is 0.538. The lowest BCUT2D eigenvalue weighted by molar-refractivity contribution is -0.141. The Morgan fingerprint density at radius 3 is 2.70 bits per heavy atom. The predicted octanol–water partition coefficient (Wildman–Crippen LogP) is 2.18. The number of anilines is 1. The average molecular weight is 285 g/mol. The van der Waals surface area contributed by atoms with E-state index < -0.39 is 18.0 Å². The van der Waals surface area contributed by atoms with Crippen molar-refractivity contribution < 1.29 is 18.3 Å². The minimum absolute atomic E-state index is 0.0158. The number of alkyl halides is 3. The second kappa shape index (κ2) is 5.29. The molecule has 0 amide bonds. The number of hydrogen-bond acceptors (Lipinski definition) is 4. The van der Waals surface area contributed by atoms with Gasteiger partial charge in [0, 0.05) is 19.0 Å². The van der Waals surface area contributed by atoms with Crippen LogP contribution in [0.15, 0.2) is 12.1 Å². The van der Waals surface area contributed by atoms with Crippen molar-refractivity contribution in [3.63, 3.8) is 0 Å². The molecule has 1 aromatic heterocycles. The van der Waals surface area contributed by atoms with E-state index in [1.807, 2.05) is 6.07 Å². The molecule has 1 N–H and O–H groups in total. The molecular weight excluding hydrogens is 271 g/mol. The van der Waals surface area contributed by atoms with Crippen LogP contribution in [0.3, 0.4) is 0 Å². The Balaban J connectivity index is 2.33. The van der Waals surface area contributed by atoms with Crippen LogP contribution >= 0.6 is 0 Å². The van der Waals surface area contributed by atoms with E-state index in [1.165, 1.54) is 0 Å². The van der Waals surface area contributed by atoms with E-state index in [-0.39, 0.29) is 17.3 Å². The zero-order valence-electron chi connectivity index (χ0n) is 10.9. The lowest BCUT2D eigenvalue weighted by Gasteiger charge is -2.20. The van der Waals surface area contributed by atoms with E-state index in [0.717, 1.165) is 12.1 Å². The van der Waals surface area contributed by atoms with E-state index in [2.05, 4.69) is 4.98 Å². The smallest absolute Gasteiger partial charge is 0.393 e. The van der Waals surface area contributed by atoms with Crippen LogP contribution in [-0.4, -0.2) is 29.3 Å². The van der Waals surface area contributed by atoms with E-state index >= 15 is 0 Å². The molecule has 0 aliphatic carbocycles. The number of hydrogen-bond donors (Lipinski definition) is 1. The first kappa shape index (κ1) is 14.6. The summed E-state index contributed by atoms with van der Waals surface area (Å²) >= 11 is 0. The summed E-state index contributed by atoms with van der Waals surface area (Å²) in [4.78, 5) is 5.22. The van der Waals surface area contributed by atoms with Gasteiger partial charge in [0.1, 0.15) is 17.6 Å². The summed E-state index contributed by atoms with van der Waals surface area (Å²) in [7, 11) is 0. The third-order valence-electron chi connectivity index (χ3n) is 3.49. The van der Waals surface area contributed by atoms with Crippen LogP contribution in [0.4, 0.5) is 19.0 Å². The first-order chi connectivity index (χ1) is 9.32. The summed E-state index contributed by atoms with van der Waals surface area (Å²) in [6, 6.07) is 3.81.